The fraction of sp³-hybridized carbons (Fsp3) is 0.0588. The average molecular weight is 391 g/mol. The Morgan fingerprint density at radius 1 is 1.26 bits per heavy atom. The fourth-order valence-corrected chi connectivity index (χ4v) is 2.30. The van der Waals surface area contributed by atoms with E-state index in [1.54, 1.807) is 0 Å². The van der Waals surface area contributed by atoms with Gasteiger partial charge >= 0.3 is 0 Å². The SMILES string of the molecule is O=C(Nc1cc([N+](=O)[O-])ccc1Cl)c1ccn(COc2ccc(F)cc2)n1. The van der Waals surface area contributed by atoms with Gasteiger partial charge in [-0.05, 0) is 36.4 Å². The summed E-state index contributed by atoms with van der Waals surface area (Å²) in [6, 6.07) is 10.6. The van der Waals surface area contributed by atoms with Crippen LogP contribution in [0.15, 0.2) is 54.7 Å². The summed E-state index contributed by atoms with van der Waals surface area (Å²) in [5.74, 6) is -0.514. The monoisotopic (exact) mass is 390 g/mol. The number of ether oxygens (including phenoxy) is 1. The number of nitrogens with zero attached hydrogens (tertiary/aromatic N) is 3. The van der Waals surface area contributed by atoms with Gasteiger partial charge in [0.15, 0.2) is 12.4 Å². The van der Waals surface area contributed by atoms with Gasteiger partial charge in [-0.2, -0.15) is 5.10 Å². The molecule has 1 heterocycles. The van der Waals surface area contributed by atoms with Crippen molar-refractivity contribution in [2.45, 2.75) is 6.73 Å². The first-order valence-corrected chi connectivity index (χ1v) is 7.97. The fourth-order valence-electron chi connectivity index (χ4n) is 2.14. The largest absolute Gasteiger partial charge is 0.471 e. The molecular weight excluding hydrogens is 379 g/mol. The first kappa shape index (κ1) is 18.3. The predicted molar refractivity (Wildman–Crippen MR) is 95.3 cm³/mol. The number of rotatable bonds is 6. The average Bonchev–Trinajstić information content (AvgIpc) is 3.12. The molecule has 0 aliphatic carbocycles. The molecule has 1 aromatic heterocycles. The zero-order chi connectivity index (χ0) is 19.4. The van der Waals surface area contributed by atoms with Crippen LogP contribution in [0.4, 0.5) is 15.8 Å². The van der Waals surface area contributed by atoms with Crippen molar-refractivity contribution in [1.29, 1.82) is 0 Å². The molecular formula is C17H12ClFN4O4. The van der Waals surface area contributed by atoms with Crippen molar-refractivity contribution in [1.82, 2.24) is 9.78 Å². The second-order valence-corrected chi connectivity index (χ2v) is 5.75. The summed E-state index contributed by atoms with van der Waals surface area (Å²) in [7, 11) is 0. The zero-order valence-corrected chi connectivity index (χ0v) is 14.4. The lowest BCUT2D eigenvalue weighted by atomic mass is 10.2. The lowest BCUT2D eigenvalue weighted by molar-refractivity contribution is -0.384. The van der Waals surface area contributed by atoms with E-state index in [2.05, 4.69) is 10.4 Å². The van der Waals surface area contributed by atoms with Crippen LogP contribution in [0.5, 0.6) is 5.75 Å². The van der Waals surface area contributed by atoms with Crippen molar-refractivity contribution in [2.24, 2.45) is 0 Å². The zero-order valence-electron chi connectivity index (χ0n) is 13.6. The third-order valence-electron chi connectivity index (χ3n) is 3.46. The lowest BCUT2D eigenvalue weighted by Crippen LogP contribution is -2.14. The molecule has 0 unspecified atom stereocenters. The van der Waals surface area contributed by atoms with Gasteiger partial charge in [0.1, 0.15) is 11.6 Å². The Balaban J connectivity index is 1.65. The molecule has 1 N–H and O–H groups in total. The molecule has 0 aliphatic heterocycles. The molecule has 2 aromatic carbocycles. The van der Waals surface area contributed by atoms with E-state index in [4.69, 9.17) is 16.3 Å². The molecule has 27 heavy (non-hydrogen) atoms. The number of hydrogen-bond acceptors (Lipinski definition) is 5. The summed E-state index contributed by atoms with van der Waals surface area (Å²) in [6.07, 6.45) is 1.52. The maximum atomic E-state index is 12.9. The van der Waals surface area contributed by atoms with Crippen LogP contribution in [0, 0.1) is 15.9 Å². The van der Waals surface area contributed by atoms with Crippen LogP contribution < -0.4 is 10.1 Å². The van der Waals surface area contributed by atoms with E-state index in [1.165, 1.54) is 53.3 Å². The van der Waals surface area contributed by atoms with Crippen LogP contribution in [0.2, 0.25) is 5.02 Å². The van der Waals surface area contributed by atoms with Crippen LogP contribution in [0.3, 0.4) is 0 Å². The van der Waals surface area contributed by atoms with Crippen molar-refractivity contribution in [3.8, 4) is 5.75 Å². The van der Waals surface area contributed by atoms with Crippen LogP contribution in [0.1, 0.15) is 10.5 Å². The number of nitro groups is 1. The Kier molecular flexibility index (Phi) is 5.32. The van der Waals surface area contributed by atoms with E-state index >= 15 is 0 Å². The van der Waals surface area contributed by atoms with Crippen molar-refractivity contribution in [3.05, 3.63) is 81.4 Å². The van der Waals surface area contributed by atoms with Gasteiger partial charge in [-0.3, -0.25) is 14.9 Å². The molecule has 8 nitrogen and oxygen atoms in total. The van der Waals surface area contributed by atoms with Gasteiger partial charge in [0, 0.05) is 18.3 Å². The maximum absolute atomic E-state index is 12.9. The number of nitrogens with one attached hydrogen (secondary N) is 1. The summed E-state index contributed by atoms with van der Waals surface area (Å²) >= 11 is 5.96. The van der Waals surface area contributed by atoms with Crippen LogP contribution in [-0.4, -0.2) is 20.6 Å². The molecule has 1 amide bonds. The molecule has 0 fully saturated rings. The summed E-state index contributed by atoms with van der Waals surface area (Å²) in [4.78, 5) is 22.5. The highest BCUT2D eigenvalue weighted by Gasteiger charge is 2.15. The molecule has 0 saturated heterocycles. The highest BCUT2D eigenvalue weighted by Crippen LogP contribution is 2.27. The molecule has 138 valence electrons. The maximum Gasteiger partial charge on any atom is 0.276 e. The Labute approximate surface area is 157 Å². The summed E-state index contributed by atoms with van der Waals surface area (Å²) in [5.41, 5.74) is -0.0267. The second-order valence-electron chi connectivity index (χ2n) is 5.34. The molecule has 0 radical (unpaired) electrons. The molecule has 0 spiro atoms. The first-order valence-electron chi connectivity index (χ1n) is 7.59. The third kappa shape index (κ3) is 4.59. The minimum absolute atomic E-state index is 0.0104. The van der Waals surface area contributed by atoms with E-state index < -0.39 is 10.8 Å². The first-order chi connectivity index (χ1) is 12.9. The molecule has 3 rings (SSSR count). The van der Waals surface area contributed by atoms with Gasteiger partial charge in [-0.1, -0.05) is 11.6 Å². The van der Waals surface area contributed by atoms with Crippen molar-refractivity contribution in [3.63, 3.8) is 0 Å². The number of halogens is 2. The third-order valence-corrected chi connectivity index (χ3v) is 3.79. The molecule has 0 aliphatic rings. The van der Waals surface area contributed by atoms with E-state index in [0.29, 0.717) is 5.75 Å². The number of nitro benzene ring substituents is 1. The van der Waals surface area contributed by atoms with Gasteiger partial charge in [0.05, 0.1) is 15.6 Å². The van der Waals surface area contributed by atoms with Crippen LogP contribution in [-0.2, 0) is 6.73 Å². The standard InChI is InChI=1S/C17H12ClFN4O4/c18-14-6-3-12(23(25)26)9-16(14)20-17(24)15-7-8-22(21-15)10-27-13-4-1-11(19)2-5-13/h1-9H,10H2,(H,20,24). The Hall–Kier alpha value is -3.46. The molecule has 10 heteroatoms. The molecule has 0 saturated carbocycles. The molecule has 0 atom stereocenters. The van der Waals surface area contributed by atoms with Crippen LogP contribution >= 0.6 is 11.6 Å². The van der Waals surface area contributed by atoms with Gasteiger partial charge in [-0.25, -0.2) is 9.07 Å². The van der Waals surface area contributed by atoms with Gasteiger partial charge in [-0.15, -0.1) is 0 Å². The van der Waals surface area contributed by atoms with Crippen molar-refractivity contribution < 1.29 is 18.8 Å². The summed E-state index contributed by atoms with van der Waals surface area (Å²) < 4.78 is 19.6. The second kappa shape index (κ2) is 7.83. The van der Waals surface area contributed by atoms with E-state index in [9.17, 15) is 19.3 Å². The number of aromatic nitrogens is 2. The number of amides is 1. The minimum atomic E-state index is -0.590. The number of hydrogen-bond donors (Lipinski definition) is 1. The molecule has 3 aromatic rings. The quantitative estimate of drug-likeness (QED) is 0.508. The van der Waals surface area contributed by atoms with Gasteiger partial charge < -0.3 is 10.1 Å². The van der Waals surface area contributed by atoms with Crippen molar-refractivity contribution in [2.75, 3.05) is 5.32 Å². The Morgan fingerprint density at radius 2 is 2.00 bits per heavy atom. The van der Waals surface area contributed by atoms with Gasteiger partial charge in [0.2, 0.25) is 0 Å². The number of benzene rings is 2. The highest BCUT2D eigenvalue weighted by atomic mass is 35.5. The van der Waals surface area contributed by atoms with E-state index in [0.717, 1.165) is 6.07 Å². The predicted octanol–water partition coefficient (Wildman–Crippen LogP) is 3.87. The lowest BCUT2D eigenvalue weighted by Gasteiger charge is -2.06. The number of non-ortho nitro benzene ring substituents is 1. The van der Waals surface area contributed by atoms with Crippen LogP contribution in [0.25, 0.3) is 0 Å². The normalized spacial score (nSPS) is 10.4. The van der Waals surface area contributed by atoms with Crippen molar-refractivity contribution >= 4 is 28.9 Å². The topological polar surface area (TPSA) is 99.3 Å². The number of anilines is 1. The van der Waals surface area contributed by atoms with Gasteiger partial charge in [0.25, 0.3) is 11.6 Å². The summed E-state index contributed by atoms with van der Waals surface area (Å²) in [6.45, 7) is 0.0104. The Morgan fingerprint density at radius 3 is 2.70 bits per heavy atom. The minimum Gasteiger partial charge on any atom is -0.471 e. The van der Waals surface area contributed by atoms with E-state index in [-0.39, 0.29) is 34.6 Å². The smallest absolute Gasteiger partial charge is 0.276 e. The molecule has 0 bridgehead atoms. The Bertz CT molecular complexity index is 991. The number of carbonyl (C=O) groups excluding carboxylic acids is 1. The van der Waals surface area contributed by atoms with E-state index in [1.807, 2.05) is 0 Å². The highest BCUT2D eigenvalue weighted by molar-refractivity contribution is 6.34. The summed E-state index contributed by atoms with van der Waals surface area (Å²) in [5, 5.41) is 17.5. The number of carbonyl (C=O) groups is 1.